The number of halogens is 2. The summed E-state index contributed by atoms with van der Waals surface area (Å²) in [6.45, 7) is 5.66. The van der Waals surface area contributed by atoms with Crippen molar-refractivity contribution >= 4 is 25.8 Å². The van der Waals surface area contributed by atoms with Gasteiger partial charge in [-0.1, -0.05) is 0 Å². The van der Waals surface area contributed by atoms with E-state index in [9.17, 15) is 9.59 Å². The van der Waals surface area contributed by atoms with Crippen LogP contribution in [0.2, 0.25) is 0 Å². The van der Waals surface area contributed by atoms with Gasteiger partial charge >= 0.3 is 173 Å². The van der Waals surface area contributed by atoms with E-state index < -0.39 is 33.3 Å². The van der Waals surface area contributed by atoms with E-state index in [1.165, 1.54) is 0 Å². The van der Waals surface area contributed by atoms with Crippen molar-refractivity contribution in [1.29, 1.82) is 0 Å². The van der Waals surface area contributed by atoms with Gasteiger partial charge in [0.25, 0.3) is 0 Å². The third kappa shape index (κ3) is 6.95. The predicted molar refractivity (Wildman–Crippen MR) is 98.6 cm³/mol. The molecule has 5 nitrogen and oxygen atoms in total. The first kappa shape index (κ1) is 20.7. The van der Waals surface area contributed by atoms with Crippen molar-refractivity contribution in [3.63, 3.8) is 0 Å². The van der Waals surface area contributed by atoms with Crippen molar-refractivity contribution in [2.75, 3.05) is 0 Å². The summed E-state index contributed by atoms with van der Waals surface area (Å²) in [5.41, 5.74) is 0.852. The van der Waals surface area contributed by atoms with Gasteiger partial charge in [-0.05, 0) is 0 Å². The van der Waals surface area contributed by atoms with E-state index in [0.717, 1.165) is 10.0 Å². The molecule has 2 rings (SSSR count). The Morgan fingerprint density at radius 1 is 1.12 bits per heavy atom. The number of hydrogen-bond donors (Lipinski definition) is 1. The maximum atomic E-state index is 12.2. The third-order valence-electron chi connectivity index (χ3n) is 3.04. The standard InChI is InChI=1S/C19H20BrINO4/c1-19(2,3)25-18(24)22-12-14-11-15(20)9-10-16(14)26-21-17(23)13-7-5-4-6-8-13/h4-11H,12H2,1-3H3,(H,22,24)/q-1. The van der Waals surface area contributed by atoms with Crippen molar-refractivity contribution in [3.8, 4) is 5.75 Å². The minimum absolute atomic E-state index is 0.00151. The molecule has 2 aromatic rings. The van der Waals surface area contributed by atoms with Crippen molar-refractivity contribution in [2.24, 2.45) is 0 Å². The van der Waals surface area contributed by atoms with E-state index in [-0.39, 0.29) is 10.3 Å². The molecule has 0 heterocycles. The van der Waals surface area contributed by atoms with Crippen LogP contribution in [0.3, 0.4) is 0 Å². The molecule has 0 aliphatic rings. The van der Waals surface area contributed by atoms with E-state index >= 15 is 0 Å². The molecule has 2 aromatic carbocycles. The van der Waals surface area contributed by atoms with Crippen LogP contribution in [0.15, 0.2) is 53.0 Å². The summed E-state index contributed by atoms with van der Waals surface area (Å²) < 4.78 is 11.9. The van der Waals surface area contributed by atoms with Gasteiger partial charge in [0, 0.05) is 0 Å². The summed E-state index contributed by atoms with van der Waals surface area (Å²) in [6, 6.07) is 14.5. The van der Waals surface area contributed by atoms with Gasteiger partial charge in [0.1, 0.15) is 0 Å². The molecule has 0 saturated heterocycles. The molecular formula is C19H20BrINO4-. The molecule has 0 atom stereocenters. The third-order valence-corrected chi connectivity index (χ3v) is 5.25. The zero-order valence-electron chi connectivity index (χ0n) is 14.7. The fraction of sp³-hybridized carbons (Fsp3) is 0.263. The van der Waals surface area contributed by atoms with Crippen LogP contribution in [-0.4, -0.2) is 15.5 Å². The monoisotopic (exact) mass is 532 g/mol. The SMILES string of the molecule is CC(C)(C)OC(=O)NCc1cc(Br)ccc1O[I-]C(=O)c1ccccc1. The van der Waals surface area contributed by atoms with E-state index in [1.54, 1.807) is 39.0 Å². The van der Waals surface area contributed by atoms with Crippen LogP contribution in [0.4, 0.5) is 4.79 Å². The number of nitrogens with one attached hydrogen (secondary N) is 1. The molecule has 140 valence electrons. The van der Waals surface area contributed by atoms with Crippen molar-refractivity contribution < 1.29 is 39.0 Å². The molecule has 0 fully saturated rings. The van der Waals surface area contributed by atoms with Gasteiger partial charge in [0.15, 0.2) is 0 Å². The van der Waals surface area contributed by atoms with Crippen LogP contribution in [0.5, 0.6) is 5.75 Å². The van der Waals surface area contributed by atoms with Crippen LogP contribution in [0.1, 0.15) is 36.7 Å². The van der Waals surface area contributed by atoms with Gasteiger partial charge in [0.2, 0.25) is 0 Å². The average Bonchev–Trinajstić information content (AvgIpc) is 2.58. The minimum atomic E-state index is -1.17. The van der Waals surface area contributed by atoms with Gasteiger partial charge in [-0.3, -0.25) is 0 Å². The average molecular weight is 533 g/mol. The molecule has 0 saturated carbocycles. The number of amides is 1. The molecule has 1 amide bonds. The van der Waals surface area contributed by atoms with Crippen LogP contribution in [-0.2, 0) is 11.3 Å². The van der Waals surface area contributed by atoms with Crippen molar-refractivity contribution in [3.05, 3.63) is 64.1 Å². The summed E-state index contributed by atoms with van der Waals surface area (Å²) in [5.74, 6) is 0.585. The van der Waals surface area contributed by atoms with E-state index in [0.29, 0.717) is 11.3 Å². The Balaban J connectivity index is 2.00. The second kappa shape index (κ2) is 9.36. The molecule has 1 N–H and O–H groups in total. The number of hydrogen-bond acceptors (Lipinski definition) is 4. The molecule has 7 heteroatoms. The molecule has 0 aliphatic carbocycles. The number of carbonyl (C=O) groups is 2. The fourth-order valence-electron chi connectivity index (χ4n) is 1.93. The molecular weight excluding hydrogens is 513 g/mol. The van der Waals surface area contributed by atoms with Crippen LogP contribution in [0, 0.1) is 0 Å². The first-order chi connectivity index (χ1) is 12.2. The Bertz CT molecular complexity index is 775. The van der Waals surface area contributed by atoms with Crippen molar-refractivity contribution in [2.45, 2.75) is 32.9 Å². The van der Waals surface area contributed by atoms with Crippen LogP contribution in [0.25, 0.3) is 0 Å². The van der Waals surface area contributed by atoms with E-state index in [1.807, 2.05) is 30.3 Å². The molecule has 0 radical (unpaired) electrons. The quantitative estimate of drug-likeness (QED) is 0.454. The van der Waals surface area contributed by atoms with Gasteiger partial charge in [0.05, 0.1) is 0 Å². The Hall–Kier alpha value is -1.61. The zero-order chi connectivity index (χ0) is 19.2. The molecule has 0 spiro atoms. The van der Waals surface area contributed by atoms with E-state index in [2.05, 4.69) is 21.2 Å². The number of benzene rings is 2. The summed E-state index contributed by atoms with van der Waals surface area (Å²) in [7, 11) is 0. The Morgan fingerprint density at radius 2 is 1.81 bits per heavy atom. The Labute approximate surface area is 172 Å². The zero-order valence-corrected chi connectivity index (χ0v) is 18.5. The van der Waals surface area contributed by atoms with E-state index in [4.69, 9.17) is 7.80 Å². The Morgan fingerprint density at radius 3 is 2.46 bits per heavy atom. The number of ether oxygens (including phenoxy) is 1. The van der Waals surface area contributed by atoms with Gasteiger partial charge in [-0.15, -0.1) is 0 Å². The first-order valence-electron chi connectivity index (χ1n) is 7.91. The molecule has 26 heavy (non-hydrogen) atoms. The van der Waals surface area contributed by atoms with Crippen LogP contribution < -0.4 is 30.0 Å². The molecule has 0 aliphatic heterocycles. The molecule has 0 bridgehead atoms. The Kier molecular flexibility index (Phi) is 7.45. The number of alkyl carbamates (subject to hydrolysis) is 1. The van der Waals surface area contributed by atoms with Gasteiger partial charge < -0.3 is 0 Å². The summed E-state index contributed by atoms with van der Waals surface area (Å²) in [5, 5.41) is 2.71. The number of carbonyl (C=O) groups excluding carboxylic acids is 2. The van der Waals surface area contributed by atoms with Crippen LogP contribution >= 0.6 is 15.9 Å². The molecule has 0 unspecified atom stereocenters. The summed E-state index contributed by atoms with van der Waals surface area (Å²) >= 11 is 2.24. The van der Waals surface area contributed by atoms with Crippen molar-refractivity contribution in [1.82, 2.24) is 5.32 Å². The normalized spacial score (nSPS) is 11.1. The second-order valence-electron chi connectivity index (χ2n) is 6.40. The van der Waals surface area contributed by atoms with Gasteiger partial charge in [-0.2, -0.15) is 0 Å². The number of rotatable bonds is 6. The van der Waals surface area contributed by atoms with Gasteiger partial charge in [-0.25, -0.2) is 0 Å². The fourth-order valence-corrected chi connectivity index (χ4v) is 3.82. The maximum absolute atomic E-state index is 12.2. The second-order valence-corrected chi connectivity index (χ2v) is 9.18. The first-order valence-corrected chi connectivity index (χ1v) is 10.7. The molecule has 0 aromatic heterocycles. The summed E-state index contributed by atoms with van der Waals surface area (Å²) in [6.07, 6.45) is -0.501. The summed E-state index contributed by atoms with van der Waals surface area (Å²) in [4.78, 5) is 24.1. The topological polar surface area (TPSA) is 64.6 Å². The predicted octanol–water partition coefficient (Wildman–Crippen LogP) is 1.70.